The van der Waals surface area contributed by atoms with Crippen molar-refractivity contribution in [3.05, 3.63) is 70.3 Å². The smallest absolute Gasteiger partial charge is 0.433 e. The minimum atomic E-state index is -4.48. The molecule has 124 valence electrons. The van der Waals surface area contributed by atoms with Crippen molar-refractivity contribution in [3.63, 3.8) is 0 Å². The number of para-hydroxylation sites is 1. The van der Waals surface area contributed by atoms with Crippen molar-refractivity contribution in [1.82, 2.24) is 4.98 Å². The second-order valence-electron chi connectivity index (χ2n) is 5.31. The lowest BCUT2D eigenvalue weighted by Gasteiger charge is -2.15. The molecule has 0 unspecified atom stereocenters. The van der Waals surface area contributed by atoms with Crippen LogP contribution < -0.4 is 10.7 Å². The SMILES string of the molecule is C[C@@H](Nc1ccc(C(F)(F)F)nc1)c1cc(=O)c2ccccc2o1. The number of nitrogens with one attached hydrogen (secondary N) is 1. The van der Waals surface area contributed by atoms with Gasteiger partial charge in [-0.3, -0.25) is 4.79 Å². The molecule has 0 aliphatic carbocycles. The highest BCUT2D eigenvalue weighted by Gasteiger charge is 2.32. The standard InChI is InChI=1S/C17H13F3N2O2/c1-10(22-11-6-7-16(21-9-11)17(18,19)20)15-8-13(23)12-4-2-3-5-14(12)24-15/h2-10,22H,1H3/t10-/m1/s1. The summed E-state index contributed by atoms with van der Waals surface area (Å²) in [6, 6.07) is 9.99. The fourth-order valence-corrected chi connectivity index (χ4v) is 2.30. The number of aromatic nitrogens is 1. The van der Waals surface area contributed by atoms with Crippen molar-refractivity contribution in [2.75, 3.05) is 5.32 Å². The molecule has 2 heterocycles. The molecular weight excluding hydrogens is 321 g/mol. The summed E-state index contributed by atoms with van der Waals surface area (Å²) >= 11 is 0. The Morgan fingerprint density at radius 1 is 1.17 bits per heavy atom. The van der Waals surface area contributed by atoms with Gasteiger partial charge in [-0.25, -0.2) is 4.98 Å². The third kappa shape index (κ3) is 3.24. The number of halogens is 3. The van der Waals surface area contributed by atoms with Crippen LogP contribution in [-0.2, 0) is 6.18 Å². The van der Waals surface area contributed by atoms with Crippen LogP contribution in [-0.4, -0.2) is 4.98 Å². The third-order valence-corrected chi connectivity index (χ3v) is 3.52. The van der Waals surface area contributed by atoms with Crippen LogP contribution in [0.25, 0.3) is 11.0 Å². The van der Waals surface area contributed by atoms with Gasteiger partial charge in [0.25, 0.3) is 0 Å². The van der Waals surface area contributed by atoms with Crippen LogP contribution in [0.1, 0.15) is 24.4 Å². The Kier molecular flexibility index (Phi) is 4.01. The lowest BCUT2D eigenvalue weighted by molar-refractivity contribution is -0.141. The molecule has 0 spiro atoms. The van der Waals surface area contributed by atoms with E-state index < -0.39 is 17.9 Å². The molecule has 4 nitrogen and oxygen atoms in total. The Balaban J connectivity index is 1.85. The lowest BCUT2D eigenvalue weighted by Crippen LogP contribution is -2.12. The Morgan fingerprint density at radius 2 is 1.92 bits per heavy atom. The van der Waals surface area contributed by atoms with Crippen LogP contribution in [0.2, 0.25) is 0 Å². The van der Waals surface area contributed by atoms with Gasteiger partial charge >= 0.3 is 6.18 Å². The monoisotopic (exact) mass is 334 g/mol. The fraction of sp³-hybridized carbons (Fsp3) is 0.176. The van der Waals surface area contributed by atoms with Gasteiger partial charge in [0.05, 0.1) is 23.3 Å². The first-order chi connectivity index (χ1) is 11.3. The number of nitrogens with zero attached hydrogens (tertiary/aromatic N) is 1. The minimum absolute atomic E-state index is 0.175. The van der Waals surface area contributed by atoms with E-state index in [2.05, 4.69) is 10.3 Å². The Labute approximate surface area is 134 Å². The molecule has 0 saturated heterocycles. The van der Waals surface area contributed by atoms with E-state index >= 15 is 0 Å². The molecule has 0 fully saturated rings. The maximum Gasteiger partial charge on any atom is 0.433 e. The van der Waals surface area contributed by atoms with Crippen LogP contribution >= 0.6 is 0 Å². The zero-order chi connectivity index (χ0) is 17.3. The molecule has 3 aromatic rings. The normalized spacial score (nSPS) is 13.0. The summed E-state index contributed by atoms with van der Waals surface area (Å²) in [5.74, 6) is 0.388. The number of fused-ring (bicyclic) bond motifs is 1. The van der Waals surface area contributed by atoms with Crippen LogP contribution in [0.15, 0.2) is 57.9 Å². The summed E-state index contributed by atoms with van der Waals surface area (Å²) in [6.07, 6.45) is -3.38. The average Bonchev–Trinajstić information content (AvgIpc) is 2.54. The maximum absolute atomic E-state index is 12.5. The van der Waals surface area contributed by atoms with E-state index in [-0.39, 0.29) is 5.43 Å². The number of anilines is 1. The first-order valence-corrected chi connectivity index (χ1v) is 7.17. The first kappa shape index (κ1) is 16.0. The molecule has 0 radical (unpaired) electrons. The molecule has 0 aliphatic rings. The van der Waals surface area contributed by atoms with Gasteiger partial charge in [-0.05, 0) is 31.2 Å². The summed E-state index contributed by atoms with van der Waals surface area (Å²) < 4.78 is 43.2. The summed E-state index contributed by atoms with van der Waals surface area (Å²) in [5.41, 5.74) is -0.283. The van der Waals surface area contributed by atoms with Crippen molar-refractivity contribution in [3.8, 4) is 0 Å². The maximum atomic E-state index is 12.5. The number of hydrogen-bond donors (Lipinski definition) is 1. The van der Waals surface area contributed by atoms with Gasteiger partial charge in [-0.2, -0.15) is 13.2 Å². The van der Waals surface area contributed by atoms with Gasteiger partial charge in [-0.15, -0.1) is 0 Å². The highest BCUT2D eigenvalue weighted by molar-refractivity contribution is 5.76. The summed E-state index contributed by atoms with van der Waals surface area (Å²) in [6.45, 7) is 1.74. The Hall–Kier alpha value is -2.83. The zero-order valence-corrected chi connectivity index (χ0v) is 12.6. The van der Waals surface area contributed by atoms with Crippen molar-refractivity contribution in [2.24, 2.45) is 0 Å². The highest BCUT2D eigenvalue weighted by atomic mass is 19.4. The number of alkyl halides is 3. The second kappa shape index (κ2) is 5.99. The van der Waals surface area contributed by atoms with Crippen LogP contribution in [0, 0.1) is 0 Å². The number of pyridine rings is 1. The number of rotatable bonds is 3. The van der Waals surface area contributed by atoms with E-state index in [1.165, 1.54) is 12.1 Å². The average molecular weight is 334 g/mol. The van der Waals surface area contributed by atoms with Gasteiger partial charge in [-0.1, -0.05) is 12.1 Å². The van der Waals surface area contributed by atoms with Gasteiger partial charge in [0, 0.05) is 6.07 Å². The van der Waals surface area contributed by atoms with Crippen LogP contribution in [0.4, 0.5) is 18.9 Å². The highest BCUT2D eigenvalue weighted by Crippen LogP contribution is 2.28. The fourth-order valence-electron chi connectivity index (χ4n) is 2.30. The molecule has 1 aromatic carbocycles. The molecule has 0 saturated carbocycles. The van der Waals surface area contributed by atoms with E-state index in [0.717, 1.165) is 12.3 Å². The molecule has 3 rings (SSSR count). The first-order valence-electron chi connectivity index (χ1n) is 7.17. The number of benzene rings is 1. The summed E-state index contributed by atoms with van der Waals surface area (Å²) in [7, 11) is 0. The van der Waals surface area contributed by atoms with E-state index in [1.807, 2.05) is 0 Å². The predicted molar refractivity (Wildman–Crippen MR) is 83.8 cm³/mol. The van der Waals surface area contributed by atoms with Crippen molar-refractivity contribution in [1.29, 1.82) is 0 Å². The summed E-state index contributed by atoms with van der Waals surface area (Å²) in [4.78, 5) is 15.5. The molecule has 0 bridgehead atoms. The Morgan fingerprint density at radius 3 is 2.58 bits per heavy atom. The lowest BCUT2D eigenvalue weighted by atomic mass is 10.1. The van der Waals surface area contributed by atoms with Crippen LogP contribution in [0.3, 0.4) is 0 Å². The molecular formula is C17H13F3N2O2. The van der Waals surface area contributed by atoms with Crippen LogP contribution in [0.5, 0.6) is 0 Å². The van der Waals surface area contributed by atoms with E-state index in [1.54, 1.807) is 31.2 Å². The topological polar surface area (TPSA) is 55.1 Å². The van der Waals surface area contributed by atoms with Gasteiger partial charge in [0.2, 0.25) is 0 Å². The zero-order valence-electron chi connectivity index (χ0n) is 12.6. The molecule has 0 amide bonds. The molecule has 1 atom stereocenters. The molecule has 7 heteroatoms. The van der Waals surface area contributed by atoms with Crippen molar-refractivity contribution < 1.29 is 17.6 Å². The molecule has 1 N–H and O–H groups in total. The van der Waals surface area contributed by atoms with Gasteiger partial charge in [0.15, 0.2) is 5.43 Å². The predicted octanol–water partition coefficient (Wildman–Crippen LogP) is 4.38. The third-order valence-electron chi connectivity index (χ3n) is 3.52. The van der Waals surface area contributed by atoms with E-state index in [4.69, 9.17) is 4.42 Å². The Bertz CT molecular complexity index is 918. The van der Waals surface area contributed by atoms with Gasteiger partial charge in [0.1, 0.15) is 17.0 Å². The van der Waals surface area contributed by atoms with Gasteiger partial charge < -0.3 is 9.73 Å². The molecule has 24 heavy (non-hydrogen) atoms. The van der Waals surface area contributed by atoms with E-state index in [0.29, 0.717) is 22.4 Å². The van der Waals surface area contributed by atoms with Crippen molar-refractivity contribution >= 4 is 16.7 Å². The van der Waals surface area contributed by atoms with E-state index in [9.17, 15) is 18.0 Å². The summed E-state index contributed by atoms with van der Waals surface area (Å²) in [5, 5.41) is 3.44. The quantitative estimate of drug-likeness (QED) is 0.772. The van der Waals surface area contributed by atoms with Crippen molar-refractivity contribution in [2.45, 2.75) is 19.1 Å². The molecule has 2 aromatic heterocycles. The molecule has 0 aliphatic heterocycles. The second-order valence-corrected chi connectivity index (χ2v) is 5.31. The largest absolute Gasteiger partial charge is 0.459 e. The minimum Gasteiger partial charge on any atom is -0.459 e. The number of hydrogen-bond acceptors (Lipinski definition) is 4.